The van der Waals surface area contributed by atoms with E-state index in [2.05, 4.69) is 25.8 Å². The number of aromatic nitrogens is 3. The molecule has 0 aliphatic heterocycles. The number of para-hydroxylation sites is 2. The Balaban J connectivity index is 1.53. The third kappa shape index (κ3) is 3.53. The standard InChI is InChI=1S/C22H19N5O/c1-14-6-3-7-15(2)20(14)25-19-12-11-18(26-27-19)22(28)24-17-10-4-8-16-9-5-13-23-21(16)17/h3-13H,1-2H3,(H,24,28)(H,25,27). The number of hydrogen-bond donors (Lipinski definition) is 2. The van der Waals surface area contributed by atoms with Crippen LogP contribution in [0.25, 0.3) is 10.9 Å². The van der Waals surface area contributed by atoms with Gasteiger partial charge in [0.25, 0.3) is 5.91 Å². The number of carbonyl (C=O) groups excluding carboxylic acids is 1. The normalized spacial score (nSPS) is 10.6. The van der Waals surface area contributed by atoms with Crippen LogP contribution < -0.4 is 10.6 Å². The topological polar surface area (TPSA) is 79.8 Å². The molecular formula is C22H19N5O. The molecule has 6 heteroatoms. The molecule has 2 aromatic heterocycles. The smallest absolute Gasteiger partial charge is 0.276 e. The molecule has 2 aromatic carbocycles. The summed E-state index contributed by atoms with van der Waals surface area (Å²) in [5, 5.41) is 15.3. The van der Waals surface area contributed by atoms with E-state index in [4.69, 9.17) is 0 Å². The summed E-state index contributed by atoms with van der Waals surface area (Å²) in [5.41, 5.74) is 4.84. The van der Waals surface area contributed by atoms with Crippen molar-refractivity contribution in [3.05, 3.63) is 83.7 Å². The third-order valence-corrected chi connectivity index (χ3v) is 4.51. The van der Waals surface area contributed by atoms with Crippen molar-refractivity contribution < 1.29 is 4.79 Å². The number of rotatable bonds is 4. The Morgan fingerprint density at radius 1 is 0.857 bits per heavy atom. The van der Waals surface area contributed by atoms with Crippen LogP contribution >= 0.6 is 0 Å². The van der Waals surface area contributed by atoms with Crippen LogP contribution in [0.3, 0.4) is 0 Å². The van der Waals surface area contributed by atoms with Crippen LogP contribution in [0.1, 0.15) is 21.6 Å². The molecule has 138 valence electrons. The van der Waals surface area contributed by atoms with Gasteiger partial charge in [0.2, 0.25) is 0 Å². The van der Waals surface area contributed by atoms with Gasteiger partial charge in [0.1, 0.15) is 0 Å². The summed E-state index contributed by atoms with van der Waals surface area (Å²) in [7, 11) is 0. The van der Waals surface area contributed by atoms with Gasteiger partial charge in [-0.05, 0) is 49.2 Å². The van der Waals surface area contributed by atoms with E-state index in [0.29, 0.717) is 11.5 Å². The average Bonchev–Trinajstić information content (AvgIpc) is 2.71. The lowest BCUT2D eigenvalue weighted by molar-refractivity contribution is 0.102. The van der Waals surface area contributed by atoms with Crippen molar-refractivity contribution in [3.63, 3.8) is 0 Å². The number of nitrogens with zero attached hydrogens (tertiary/aromatic N) is 3. The lowest BCUT2D eigenvalue weighted by Crippen LogP contribution is -2.15. The van der Waals surface area contributed by atoms with Crippen LogP contribution in [-0.4, -0.2) is 21.1 Å². The average molecular weight is 369 g/mol. The van der Waals surface area contributed by atoms with Crippen LogP contribution in [-0.2, 0) is 0 Å². The quantitative estimate of drug-likeness (QED) is 0.548. The van der Waals surface area contributed by atoms with E-state index in [1.807, 2.05) is 62.4 Å². The first kappa shape index (κ1) is 17.6. The second-order valence-electron chi connectivity index (χ2n) is 6.53. The third-order valence-electron chi connectivity index (χ3n) is 4.51. The molecule has 0 spiro atoms. The van der Waals surface area contributed by atoms with E-state index in [9.17, 15) is 4.79 Å². The number of anilines is 3. The number of nitrogens with one attached hydrogen (secondary N) is 2. The van der Waals surface area contributed by atoms with Gasteiger partial charge < -0.3 is 10.6 Å². The first-order valence-electron chi connectivity index (χ1n) is 8.94. The fraction of sp³-hybridized carbons (Fsp3) is 0.0909. The number of amides is 1. The van der Waals surface area contributed by atoms with E-state index in [-0.39, 0.29) is 11.6 Å². The Hall–Kier alpha value is -3.80. The van der Waals surface area contributed by atoms with E-state index < -0.39 is 0 Å². The molecule has 4 aromatic rings. The molecule has 0 atom stereocenters. The van der Waals surface area contributed by atoms with E-state index in [0.717, 1.165) is 27.7 Å². The predicted molar refractivity (Wildman–Crippen MR) is 111 cm³/mol. The SMILES string of the molecule is Cc1cccc(C)c1Nc1ccc(C(=O)Nc2cccc3cccnc23)nn1. The van der Waals surface area contributed by atoms with Crippen molar-refractivity contribution in [1.82, 2.24) is 15.2 Å². The zero-order valence-corrected chi connectivity index (χ0v) is 15.6. The van der Waals surface area contributed by atoms with Crippen LogP contribution in [0.5, 0.6) is 0 Å². The van der Waals surface area contributed by atoms with Gasteiger partial charge in [-0.2, -0.15) is 0 Å². The molecule has 28 heavy (non-hydrogen) atoms. The number of pyridine rings is 1. The molecule has 0 saturated heterocycles. The lowest BCUT2D eigenvalue weighted by Gasteiger charge is -2.11. The van der Waals surface area contributed by atoms with Crippen molar-refractivity contribution in [2.75, 3.05) is 10.6 Å². The Labute approximate surface area is 162 Å². The molecule has 6 nitrogen and oxygen atoms in total. The van der Waals surface area contributed by atoms with Gasteiger partial charge in [0.15, 0.2) is 11.5 Å². The van der Waals surface area contributed by atoms with Crippen molar-refractivity contribution >= 4 is 34.0 Å². The van der Waals surface area contributed by atoms with Gasteiger partial charge in [0.05, 0.1) is 11.2 Å². The Morgan fingerprint density at radius 3 is 2.36 bits per heavy atom. The summed E-state index contributed by atoms with van der Waals surface area (Å²) in [4.78, 5) is 16.9. The molecular weight excluding hydrogens is 350 g/mol. The molecule has 0 fully saturated rings. The maximum Gasteiger partial charge on any atom is 0.276 e. The van der Waals surface area contributed by atoms with Gasteiger partial charge in [-0.1, -0.05) is 36.4 Å². The first-order chi connectivity index (χ1) is 13.6. The second-order valence-corrected chi connectivity index (χ2v) is 6.53. The fourth-order valence-corrected chi connectivity index (χ4v) is 3.05. The summed E-state index contributed by atoms with van der Waals surface area (Å²) in [6, 6.07) is 18.9. The highest BCUT2D eigenvalue weighted by Crippen LogP contribution is 2.23. The molecule has 2 heterocycles. The molecule has 0 saturated carbocycles. The Morgan fingerprint density at radius 2 is 1.61 bits per heavy atom. The van der Waals surface area contributed by atoms with E-state index in [1.165, 1.54) is 0 Å². The minimum atomic E-state index is -0.329. The molecule has 4 rings (SSSR count). The summed E-state index contributed by atoms with van der Waals surface area (Å²) >= 11 is 0. The molecule has 0 bridgehead atoms. The molecule has 0 aliphatic rings. The molecule has 0 radical (unpaired) electrons. The zero-order chi connectivity index (χ0) is 19.5. The summed E-state index contributed by atoms with van der Waals surface area (Å²) in [5.74, 6) is 0.255. The van der Waals surface area contributed by atoms with Gasteiger partial charge >= 0.3 is 0 Å². The maximum atomic E-state index is 12.6. The van der Waals surface area contributed by atoms with Gasteiger partial charge in [-0.25, -0.2) is 0 Å². The number of benzene rings is 2. The van der Waals surface area contributed by atoms with Crippen LogP contribution in [0.2, 0.25) is 0 Å². The van der Waals surface area contributed by atoms with Gasteiger partial charge in [0, 0.05) is 17.3 Å². The minimum Gasteiger partial charge on any atom is -0.338 e. The number of fused-ring (bicyclic) bond motifs is 1. The van der Waals surface area contributed by atoms with E-state index >= 15 is 0 Å². The maximum absolute atomic E-state index is 12.6. The largest absolute Gasteiger partial charge is 0.338 e. The Kier molecular flexibility index (Phi) is 4.68. The van der Waals surface area contributed by atoms with Crippen LogP contribution in [0, 0.1) is 13.8 Å². The fourth-order valence-electron chi connectivity index (χ4n) is 3.05. The lowest BCUT2D eigenvalue weighted by atomic mass is 10.1. The summed E-state index contributed by atoms with van der Waals surface area (Å²) < 4.78 is 0. The Bertz CT molecular complexity index is 1130. The molecule has 0 unspecified atom stereocenters. The van der Waals surface area contributed by atoms with Gasteiger partial charge in [-0.3, -0.25) is 9.78 Å². The van der Waals surface area contributed by atoms with Gasteiger partial charge in [-0.15, -0.1) is 10.2 Å². The number of carbonyl (C=O) groups is 1. The summed E-state index contributed by atoms with van der Waals surface area (Å²) in [6.45, 7) is 4.06. The zero-order valence-electron chi connectivity index (χ0n) is 15.6. The van der Waals surface area contributed by atoms with Crippen molar-refractivity contribution in [3.8, 4) is 0 Å². The summed E-state index contributed by atoms with van der Waals surface area (Å²) in [6.07, 6.45) is 1.70. The van der Waals surface area contributed by atoms with Crippen LogP contribution in [0.4, 0.5) is 17.2 Å². The predicted octanol–water partition coefficient (Wildman–Crippen LogP) is 4.64. The minimum absolute atomic E-state index is 0.236. The molecule has 1 amide bonds. The highest BCUT2D eigenvalue weighted by Gasteiger charge is 2.12. The van der Waals surface area contributed by atoms with Crippen molar-refractivity contribution in [2.24, 2.45) is 0 Å². The first-order valence-corrected chi connectivity index (χ1v) is 8.94. The second kappa shape index (κ2) is 7.44. The molecule has 2 N–H and O–H groups in total. The highest BCUT2D eigenvalue weighted by atomic mass is 16.1. The monoisotopic (exact) mass is 369 g/mol. The number of hydrogen-bond acceptors (Lipinski definition) is 5. The van der Waals surface area contributed by atoms with E-state index in [1.54, 1.807) is 18.3 Å². The van der Waals surface area contributed by atoms with Crippen molar-refractivity contribution in [2.45, 2.75) is 13.8 Å². The highest BCUT2D eigenvalue weighted by molar-refractivity contribution is 6.07. The molecule has 0 aliphatic carbocycles. The van der Waals surface area contributed by atoms with Crippen LogP contribution in [0.15, 0.2) is 66.9 Å². The number of aryl methyl sites for hydroxylation is 2. The van der Waals surface area contributed by atoms with Crippen molar-refractivity contribution in [1.29, 1.82) is 0 Å².